The Morgan fingerprint density at radius 3 is 1.84 bits per heavy atom. The first kappa shape index (κ1) is 17.1. The van der Waals surface area contributed by atoms with Crippen LogP contribution in [0.1, 0.15) is 11.1 Å². The van der Waals surface area contributed by atoms with E-state index in [1.54, 1.807) is 12.1 Å². The Morgan fingerprint density at radius 1 is 0.680 bits per heavy atom. The summed E-state index contributed by atoms with van der Waals surface area (Å²) >= 11 is 0. The predicted molar refractivity (Wildman–Crippen MR) is 79.6 cm³/mol. The number of rotatable bonds is 2. The van der Waals surface area contributed by atoms with E-state index < -0.39 is 29.0 Å². The molecule has 3 rings (SSSR count). The van der Waals surface area contributed by atoms with Gasteiger partial charge in [-0.1, -0.05) is 24.3 Å². The SMILES string of the molecule is FC(F)(F)c1ccc(C(F)(F)F)c(-c2ccc(-c3ccco3)cc2)c1. The summed E-state index contributed by atoms with van der Waals surface area (Å²) in [5, 5.41) is 0. The van der Waals surface area contributed by atoms with Crippen molar-refractivity contribution < 1.29 is 30.8 Å². The highest BCUT2D eigenvalue weighted by molar-refractivity contribution is 5.72. The summed E-state index contributed by atoms with van der Waals surface area (Å²) in [6, 6.07) is 10.4. The second kappa shape index (κ2) is 5.98. The van der Waals surface area contributed by atoms with Gasteiger partial charge in [0.25, 0.3) is 0 Å². The number of furan rings is 1. The minimum absolute atomic E-state index is 0.0359. The zero-order chi connectivity index (χ0) is 18.2. The molecule has 0 amide bonds. The number of alkyl halides is 6. The Morgan fingerprint density at radius 2 is 1.32 bits per heavy atom. The first-order valence-electron chi connectivity index (χ1n) is 7.09. The summed E-state index contributed by atoms with van der Waals surface area (Å²) in [6.07, 6.45) is -8.05. The summed E-state index contributed by atoms with van der Waals surface area (Å²) in [5.41, 5.74) is -2.13. The zero-order valence-corrected chi connectivity index (χ0v) is 12.4. The fourth-order valence-electron chi connectivity index (χ4n) is 2.46. The lowest BCUT2D eigenvalue weighted by atomic mass is 9.95. The second-order valence-corrected chi connectivity index (χ2v) is 5.31. The number of halogens is 6. The largest absolute Gasteiger partial charge is 0.464 e. The molecule has 0 aliphatic rings. The molecule has 1 nitrogen and oxygen atoms in total. The number of benzene rings is 2. The van der Waals surface area contributed by atoms with E-state index in [0.717, 1.165) is 0 Å². The van der Waals surface area contributed by atoms with Crippen molar-refractivity contribution in [1.29, 1.82) is 0 Å². The summed E-state index contributed by atoms with van der Waals surface area (Å²) in [7, 11) is 0. The van der Waals surface area contributed by atoms with Gasteiger partial charge in [-0.05, 0) is 41.5 Å². The fourth-order valence-corrected chi connectivity index (χ4v) is 2.46. The molecule has 0 spiro atoms. The average Bonchev–Trinajstić information content (AvgIpc) is 3.07. The molecule has 2 aromatic carbocycles. The third-order valence-electron chi connectivity index (χ3n) is 3.65. The average molecular weight is 356 g/mol. The van der Waals surface area contributed by atoms with Crippen LogP contribution in [0.3, 0.4) is 0 Å². The minimum atomic E-state index is -4.76. The van der Waals surface area contributed by atoms with Gasteiger partial charge in [-0.3, -0.25) is 0 Å². The first-order valence-corrected chi connectivity index (χ1v) is 7.09. The van der Waals surface area contributed by atoms with E-state index in [0.29, 0.717) is 29.5 Å². The molecule has 0 saturated carbocycles. The molecule has 0 unspecified atom stereocenters. The molecule has 0 aliphatic carbocycles. The van der Waals surface area contributed by atoms with Crippen LogP contribution >= 0.6 is 0 Å². The maximum absolute atomic E-state index is 13.2. The van der Waals surface area contributed by atoms with Crippen molar-refractivity contribution in [2.24, 2.45) is 0 Å². The fraction of sp³-hybridized carbons (Fsp3) is 0.111. The highest BCUT2D eigenvalue weighted by Gasteiger charge is 2.37. The van der Waals surface area contributed by atoms with Crippen LogP contribution in [0.4, 0.5) is 26.3 Å². The normalized spacial score (nSPS) is 12.4. The number of hydrogen-bond acceptors (Lipinski definition) is 1. The topological polar surface area (TPSA) is 13.1 Å². The van der Waals surface area contributed by atoms with Gasteiger partial charge < -0.3 is 4.42 Å². The van der Waals surface area contributed by atoms with Gasteiger partial charge in [-0.25, -0.2) is 0 Å². The van der Waals surface area contributed by atoms with Crippen LogP contribution < -0.4 is 0 Å². The molecular weight excluding hydrogens is 346 g/mol. The van der Waals surface area contributed by atoms with E-state index in [2.05, 4.69) is 0 Å². The van der Waals surface area contributed by atoms with Crippen molar-refractivity contribution >= 4 is 0 Å². The molecule has 0 radical (unpaired) electrons. The summed E-state index contributed by atoms with van der Waals surface area (Å²) in [4.78, 5) is 0. The van der Waals surface area contributed by atoms with Gasteiger partial charge >= 0.3 is 12.4 Å². The Kier molecular flexibility index (Phi) is 4.10. The molecule has 0 aliphatic heterocycles. The van der Waals surface area contributed by atoms with Crippen molar-refractivity contribution in [1.82, 2.24) is 0 Å². The van der Waals surface area contributed by atoms with Crippen molar-refractivity contribution in [3.8, 4) is 22.5 Å². The lowest BCUT2D eigenvalue weighted by Gasteiger charge is -2.16. The van der Waals surface area contributed by atoms with Gasteiger partial charge in [0.15, 0.2) is 0 Å². The highest BCUT2D eigenvalue weighted by Crippen LogP contribution is 2.41. The van der Waals surface area contributed by atoms with Gasteiger partial charge in [0, 0.05) is 5.56 Å². The molecule has 3 aromatic rings. The van der Waals surface area contributed by atoms with E-state index in [-0.39, 0.29) is 5.56 Å². The molecule has 25 heavy (non-hydrogen) atoms. The molecule has 0 fully saturated rings. The maximum atomic E-state index is 13.2. The molecule has 1 heterocycles. The molecule has 0 saturated heterocycles. The van der Waals surface area contributed by atoms with E-state index in [1.165, 1.54) is 30.5 Å². The Labute approximate surface area is 138 Å². The smallest absolute Gasteiger partial charge is 0.417 e. The molecule has 130 valence electrons. The van der Waals surface area contributed by atoms with Crippen LogP contribution in [-0.2, 0) is 12.4 Å². The summed E-state index contributed by atoms with van der Waals surface area (Å²) in [5.74, 6) is 0.506. The second-order valence-electron chi connectivity index (χ2n) is 5.31. The van der Waals surface area contributed by atoms with Crippen molar-refractivity contribution in [2.75, 3.05) is 0 Å². The van der Waals surface area contributed by atoms with Crippen molar-refractivity contribution in [3.63, 3.8) is 0 Å². The van der Waals surface area contributed by atoms with Crippen LogP contribution in [0, 0.1) is 0 Å². The van der Waals surface area contributed by atoms with Gasteiger partial charge in [-0.2, -0.15) is 26.3 Å². The molecule has 1 aromatic heterocycles. The van der Waals surface area contributed by atoms with Crippen molar-refractivity contribution in [2.45, 2.75) is 12.4 Å². The van der Waals surface area contributed by atoms with E-state index >= 15 is 0 Å². The summed E-state index contributed by atoms with van der Waals surface area (Å²) < 4.78 is 83.3. The maximum Gasteiger partial charge on any atom is 0.417 e. The summed E-state index contributed by atoms with van der Waals surface area (Å²) in [6.45, 7) is 0. The van der Waals surface area contributed by atoms with Gasteiger partial charge in [0.05, 0.1) is 17.4 Å². The van der Waals surface area contributed by atoms with E-state index in [9.17, 15) is 26.3 Å². The Balaban J connectivity index is 2.11. The Hall–Kier alpha value is -2.70. The highest BCUT2D eigenvalue weighted by atomic mass is 19.4. The van der Waals surface area contributed by atoms with E-state index in [4.69, 9.17) is 4.42 Å². The van der Waals surface area contributed by atoms with Gasteiger partial charge in [0.2, 0.25) is 0 Å². The van der Waals surface area contributed by atoms with Crippen LogP contribution in [0.2, 0.25) is 0 Å². The first-order chi connectivity index (χ1) is 11.7. The third kappa shape index (κ3) is 3.55. The van der Waals surface area contributed by atoms with Crippen molar-refractivity contribution in [3.05, 3.63) is 72.0 Å². The monoisotopic (exact) mass is 356 g/mol. The Bertz CT molecular complexity index is 858. The third-order valence-corrected chi connectivity index (χ3v) is 3.65. The minimum Gasteiger partial charge on any atom is -0.464 e. The number of hydrogen-bond donors (Lipinski definition) is 0. The lowest BCUT2D eigenvalue weighted by molar-refractivity contribution is -0.141. The molecule has 0 atom stereocenters. The van der Waals surface area contributed by atoms with Crippen LogP contribution in [-0.4, -0.2) is 0 Å². The molecule has 7 heteroatoms. The van der Waals surface area contributed by atoms with E-state index in [1.807, 2.05) is 0 Å². The van der Waals surface area contributed by atoms with Crippen LogP contribution in [0.25, 0.3) is 22.5 Å². The molecular formula is C18H10F6O. The molecule has 0 N–H and O–H groups in total. The lowest BCUT2D eigenvalue weighted by Crippen LogP contribution is -2.11. The zero-order valence-electron chi connectivity index (χ0n) is 12.4. The predicted octanol–water partition coefficient (Wildman–Crippen LogP) is 6.65. The van der Waals surface area contributed by atoms with Crippen LogP contribution in [0.15, 0.2) is 65.3 Å². The van der Waals surface area contributed by atoms with Gasteiger partial charge in [-0.15, -0.1) is 0 Å². The standard InChI is InChI=1S/C18H10F6O/c19-17(20,21)13-7-8-15(18(22,23)24)14(10-13)11-3-5-12(6-4-11)16-2-1-9-25-16/h1-10H. The molecule has 0 bridgehead atoms. The quantitative estimate of drug-likeness (QED) is 0.469. The van der Waals surface area contributed by atoms with Crippen LogP contribution in [0.5, 0.6) is 0 Å². The van der Waals surface area contributed by atoms with Gasteiger partial charge in [0.1, 0.15) is 5.76 Å².